The maximum atomic E-state index is 4.10. The molecule has 0 radical (unpaired) electrons. The molecule has 0 aromatic carbocycles. The van der Waals surface area contributed by atoms with Gasteiger partial charge in [-0.1, -0.05) is 25.5 Å². The summed E-state index contributed by atoms with van der Waals surface area (Å²) < 4.78 is 2.04. The maximum Gasteiger partial charge on any atom is 0.0725 e. The summed E-state index contributed by atoms with van der Waals surface area (Å²) in [4.78, 5) is 0. The van der Waals surface area contributed by atoms with E-state index >= 15 is 0 Å². The van der Waals surface area contributed by atoms with Crippen molar-refractivity contribution in [3.63, 3.8) is 0 Å². The first-order chi connectivity index (χ1) is 7.24. The van der Waals surface area contributed by atoms with Crippen LogP contribution >= 0.6 is 11.8 Å². The molecular formula is C11H21N3S. The lowest BCUT2D eigenvalue weighted by molar-refractivity contribution is 0.534. The number of aromatic nitrogens is 3. The minimum absolute atomic E-state index is 0.792. The van der Waals surface area contributed by atoms with Gasteiger partial charge >= 0.3 is 0 Å². The molecule has 0 spiro atoms. The molecule has 1 aromatic heterocycles. The molecule has 0 aliphatic carbocycles. The van der Waals surface area contributed by atoms with Crippen LogP contribution in [0.15, 0.2) is 6.20 Å². The highest BCUT2D eigenvalue weighted by Crippen LogP contribution is 2.09. The predicted octanol–water partition coefficient (Wildman–Crippen LogP) is 2.62. The zero-order valence-electron chi connectivity index (χ0n) is 9.94. The van der Waals surface area contributed by atoms with E-state index in [2.05, 4.69) is 30.4 Å². The highest BCUT2D eigenvalue weighted by molar-refractivity contribution is 7.98. The molecule has 0 amide bonds. The van der Waals surface area contributed by atoms with Crippen LogP contribution in [0.1, 0.15) is 32.4 Å². The Bertz CT molecular complexity index is 271. The van der Waals surface area contributed by atoms with E-state index in [0.717, 1.165) is 24.6 Å². The van der Waals surface area contributed by atoms with E-state index in [1.807, 2.05) is 22.6 Å². The van der Waals surface area contributed by atoms with Crippen molar-refractivity contribution in [2.24, 2.45) is 5.92 Å². The second-order valence-electron chi connectivity index (χ2n) is 4.23. The van der Waals surface area contributed by atoms with Crippen LogP contribution in [0.3, 0.4) is 0 Å². The first kappa shape index (κ1) is 12.6. The van der Waals surface area contributed by atoms with Crippen molar-refractivity contribution in [3.8, 4) is 0 Å². The number of thioether (sulfide) groups is 1. The molecule has 0 aliphatic heterocycles. The van der Waals surface area contributed by atoms with Crippen LogP contribution in [0.2, 0.25) is 0 Å². The van der Waals surface area contributed by atoms with Crippen molar-refractivity contribution in [2.75, 3.05) is 12.0 Å². The van der Waals surface area contributed by atoms with Gasteiger partial charge in [0.15, 0.2) is 0 Å². The molecule has 1 aromatic rings. The van der Waals surface area contributed by atoms with Crippen molar-refractivity contribution in [2.45, 2.75) is 39.7 Å². The van der Waals surface area contributed by atoms with E-state index in [-0.39, 0.29) is 0 Å². The minimum Gasteiger partial charge on any atom is -0.249 e. The highest BCUT2D eigenvalue weighted by atomic mass is 32.2. The third-order valence-corrected chi connectivity index (χ3v) is 3.01. The summed E-state index contributed by atoms with van der Waals surface area (Å²) >= 11 is 1.85. The van der Waals surface area contributed by atoms with E-state index in [0.29, 0.717) is 0 Å². The van der Waals surface area contributed by atoms with Crippen molar-refractivity contribution >= 4 is 11.8 Å². The Morgan fingerprint density at radius 1 is 1.47 bits per heavy atom. The Morgan fingerprint density at radius 3 is 2.93 bits per heavy atom. The second kappa shape index (κ2) is 6.88. The van der Waals surface area contributed by atoms with Crippen LogP contribution in [0.5, 0.6) is 0 Å². The molecule has 3 nitrogen and oxygen atoms in total. The zero-order valence-corrected chi connectivity index (χ0v) is 10.8. The van der Waals surface area contributed by atoms with E-state index < -0.39 is 0 Å². The molecule has 15 heavy (non-hydrogen) atoms. The van der Waals surface area contributed by atoms with Crippen LogP contribution in [-0.2, 0) is 13.0 Å². The van der Waals surface area contributed by atoms with E-state index in [1.165, 1.54) is 18.5 Å². The lowest BCUT2D eigenvalue weighted by atomic mass is 10.1. The summed E-state index contributed by atoms with van der Waals surface area (Å²) in [6.45, 7) is 5.52. The zero-order chi connectivity index (χ0) is 11.1. The van der Waals surface area contributed by atoms with Crippen LogP contribution < -0.4 is 0 Å². The quantitative estimate of drug-likeness (QED) is 0.717. The van der Waals surface area contributed by atoms with Gasteiger partial charge in [0.1, 0.15) is 0 Å². The van der Waals surface area contributed by atoms with Crippen molar-refractivity contribution in [1.29, 1.82) is 0 Å². The van der Waals surface area contributed by atoms with Crippen molar-refractivity contribution < 1.29 is 0 Å². The summed E-state index contributed by atoms with van der Waals surface area (Å²) in [6, 6.07) is 0. The highest BCUT2D eigenvalue weighted by Gasteiger charge is 2.03. The topological polar surface area (TPSA) is 30.7 Å². The summed E-state index contributed by atoms with van der Waals surface area (Å²) in [5.41, 5.74) is 1.28. The molecular weight excluding hydrogens is 206 g/mol. The van der Waals surface area contributed by atoms with Gasteiger partial charge in [0.05, 0.1) is 18.4 Å². The van der Waals surface area contributed by atoms with Crippen LogP contribution in [-0.4, -0.2) is 27.0 Å². The first-order valence-electron chi connectivity index (χ1n) is 5.60. The number of hydrogen-bond acceptors (Lipinski definition) is 3. The van der Waals surface area contributed by atoms with E-state index in [9.17, 15) is 0 Å². The largest absolute Gasteiger partial charge is 0.249 e. The number of aryl methyl sites for hydroxylation is 2. The summed E-state index contributed by atoms with van der Waals surface area (Å²) in [6.07, 6.45) is 7.66. The van der Waals surface area contributed by atoms with Crippen molar-refractivity contribution in [1.82, 2.24) is 15.0 Å². The monoisotopic (exact) mass is 227 g/mol. The molecule has 0 unspecified atom stereocenters. The number of hydrogen-bond donors (Lipinski definition) is 0. The number of nitrogens with zero attached hydrogens (tertiary/aromatic N) is 3. The van der Waals surface area contributed by atoms with Gasteiger partial charge in [-0.2, -0.15) is 11.8 Å². The van der Waals surface area contributed by atoms with Gasteiger partial charge in [-0.25, -0.2) is 4.68 Å². The SMILES string of the molecule is CSCCn1nncc1CCCC(C)C. The Labute approximate surface area is 96.6 Å². The fourth-order valence-corrected chi connectivity index (χ4v) is 1.89. The van der Waals surface area contributed by atoms with Crippen molar-refractivity contribution in [3.05, 3.63) is 11.9 Å². The van der Waals surface area contributed by atoms with Gasteiger partial charge in [0.25, 0.3) is 0 Å². The first-order valence-corrected chi connectivity index (χ1v) is 6.99. The molecule has 0 N–H and O–H groups in total. The molecule has 4 heteroatoms. The average Bonchev–Trinajstić information content (AvgIpc) is 2.62. The molecule has 0 saturated carbocycles. The van der Waals surface area contributed by atoms with Gasteiger partial charge in [-0.15, -0.1) is 5.10 Å². The molecule has 0 fully saturated rings. The summed E-state index contributed by atoms with van der Waals surface area (Å²) in [7, 11) is 0. The Balaban J connectivity index is 2.35. The van der Waals surface area contributed by atoms with Crippen LogP contribution in [0.4, 0.5) is 0 Å². The van der Waals surface area contributed by atoms with Gasteiger partial charge in [0.2, 0.25) is 0 Å². The Kier molecular flexibility index (Phi) is 5.76. The normalized spacial score (nSPS) is 11.2. The Hall–Kier alpha value is -0.510. The third-order valence-electron chi connectivity index (χ3n) is 2.42. The summed E-state index contributed by atoms with van der Waals surface area (Å²) in [5, 5.41) is 8.08. The molecule has 1 heterocycles. The predicted molar refractivity (Wildman–Crippen MR) is 66.2 cm³/mol. The second-order valence-corrected chi connectivity index (χ2v) is 5.21. The standard InChI is InChI=1S/C11H21N3S/c1-10(2)5-4-6-11-9-12-13-14(11)7-8-15-3/h9-10H,4-8H2,1-3H3. The minimum atomic E-state index is 0.792. The fraction of sp³-hybridized carbons (Fsp3) is 0.818. The van der Waals surface area contributed by atoms with E-state index in [1.54, 1.807) is 0 Å². The van der Waals surface area contributed by atoms with Crippen LogP contribution in [0, 0.1) is 5.92 Å². The number of rotatable bonds is 7. The molecule has 0 saturated heterocycles. The van der Waals surface area contributed by atoms with Gasteiger partial charge in [-0.3, -0.25) is 0 Å². The molecule has 0 aliphatic rings. The molecule has 1 rings (SSSR count). The van der Waals surface area contributed by atoms with Crippen LogP contribution in [0.25, 0.3) is 0 Å². The van der Waals surface area contributed by atoms with E-state index in [4.69, 9.17) is 0 Å². The van der Waals surface area contributed by atoms with Gasteiger partial charge < -0.3 is 0 Å². The average molecular weight is 227 g/mol. The Morgan fingerprint density at radius 2 is 2.27 bits per heavy atom. The fourth-order valence-electron chi connectivity index (χ4n) is 1.53. The molecule has 86 valence electrons. The maximum absolute atomic E-state index is 4.10. The third kappa shape index (κ3) is 4.69. The lowest BCUT2D eigenvalue weighted by Gasteiger charge is -2.06. The summed E-state index contributed by atoms with van der Waals surface area (Å²) in [5.74, 6) is 1.90. The van der Waals surface area contributed by atoms with Gasteiger partial charge in [0, 0.05) is 5.75 Å². The molecule has 0 bridgehead atoms. The smallest absolute Gasteiger partial charge is 0.0725 e. The van der Waals surface area contributed by atoms with Gasteiger partial charge in [-0.05, 0) is 25.0 Å². The lowest BCUT2D eigenvalue weighted by Crippen LogP contribution is -2.07. The molecule has 0 atom stereocenters.